The lowest BCUT2D eigenvalue weighted by Gasteiger charge is -2.71. The molecule has 0 spiro atoms. The van der Waals surface area contributed by atoms with E-state index in [2.05, 4.69) is 48.5 Å². The van der Waals surface area contributed by atoms with Gasteiger partial charge in [0.2, 0.25) is 0 Å². The normalized spacial score (nSPS) is 44.0. The number of hydrogen-bond donors (Lipinski definition) is 2. The van der Waals surface area contributed by atoms with E-state index < -0.39 is 22.8 Å². The van der Waals surface area contributed by atoms with Crippen molar-refractivity contribution in [2.75, 3.05) is 0 Å². The monoisotopic (exact) mass is 574 g/mol. The van der Waals surface area contributed by atoms with Crippen LogP contribution in [0, 0.1) is 62.6 Å². The Morgan fingerprint density at radius 3 is 2.07 bits per heavy atom. The summed E-state index contributed by atoms with van der Waals surface area (Å²) in [6, 6.07) is 6.99. The van der Waals surface area contributed by atoms with Crippen molar-refractivity contribution in [1.82, 2.24) is 0 Å². The van der Waals surface area contributed by atoms with E-state index in [-0.39, 0.29) is 45.3 Å². The average molecular weight is 575 g/mol. The minimum Gasteiger partial charge on any atom is -0.481 e. The van der Waals surface area contributed by atoms with Gasteiger partial charge < -0.3 is 10.2 Å². The standard InChI is InChI=1S/C37H50O5/c1-21(2)24-14-17-37(32(41)42)19-18-34(5)25(30(24)37)12-13-28-35(34,6)16-15-27-33(3,4)26(20-29(38)36(27,28)7)22-8-10-23(11-9-22)31(39)40/h8-11,20-21,24-25,27-28,30H,12-19H2,1-7H3,(H,39,40)(H,41,42)/t24-,25+,27-,28-,30+,34+,35+,36-,37-/m0/s1. The van der Waals surface area contributed by atoms with Crippen LogP contribution < -0.4 is 0 Å². The van der Waals surface area contributed by atoms with Crippen LogP contribution in [0.2, 0.25) is 0 Å². The van der Waals surface area contributed by atoms with Gasteiger partial charge in [-0.25, -0.2) is 4.79 Å². The van der Waals surface area contributed by atoms with Crippen LogP contribution in [0.4, 0.5) is 0 Å². The topological polar surface area (TPSA) is 91.7 Å². The number of allylic oxidation sites excluding steroid dienone is 2. The molecule has 0 amide bonds. The molecule has 6 rings (SSSR count). The van der Waals surface area contributed by atoms with Crippen molar-refractivity contribution in [3.63, 3.8) is 0 Å². The molecule has 1 aromatic carbocycles. The quantitative estimate of drug-likeness (QED) is 0.377. The maximum Gasteiger partial charge on any atom is 0.335 e. The van der Waals surface area contributed by atoms with E-state index in [0.29, 0.717) is 17.8 Å². The Labute approximate surface area is 251 Å². The molecule has 4 saturated carbocycles. The number of hydrogen-bond acceptors (Lipinski definition) is 3. The van der Waals surface area contributed by atoms with Crippen LogP contribution in [0.25, 0.3) is 5.57 Å². The van der Waals surface area contributed by atoms with Crippen molar-refractivity contribution in [2.24, 2.45) is 62.6 Å². The van der Waals surface area contributed by atoms with Gasteiger partial charge in [0.1, 0.15) is 0 Å². The Balaban J connectivity index is 1.40. The molecule has 0 aromatic heterocycles. The summed E-state index contributed by atoms with van der Waals surface area (Å²) in [5.41, 5.74) is 0.869. The Hall–Kier alpha value is -2.43. The average Bonchev–Trinajstić information content (AvgIpc) is 3.33. The Bertz CT molecular complexity index is 1350. The van der Waals surface area contributed by atoms with Crippen LogP contribution >= 0.6 is 0 Å². The molecular formula is C37H50O5. The third-order valence-electron chi connectivity index (χ3n) is 14.7. The molecule has 0 heterocycles. The van der Waals surface area contributed by atoms with Crippen LogP contribution in [-0.4, -0.2) is 27.9 Å². The van der Waals surface area contributed by atoms with Crippen molar-refractivity contribution in [1.29, 1.82) is 0 Å². The smallest absolute Gasteiger partial charge is 0.335 e. The lowest BCUT2D eigenvalue weighted by molar-refractivity contribution is -0.226. The van der Waals surface area contributed by atoms with E-state index in [9.17, 15) is 24.6 Å². The minimum atomic E-state index is -0.946. The van der Waals surface area contributed by atoms with Gasteiger partial charge in [0.05, 0.1) is 11.0 Å². The van der Waals surface area contributed by atoms with Gasteiger partial charge in [-0.3, -0.25) is 9.59 Å². The van der Waals surface area contributed by atoms with Crippen molar-refractivity contribution < 1.29 is 24.6 Å². The molecule has 42 heavy (non-hydrogen) atoms. The summed E-state index contributed by atoms with van der Waals surface area (Å²) >= 11 is 0. The first kappa shape index (κ1) is 29.6. The lowest BCUT2D eigenvalue weighted by atomic mass is 9.32. The van der Waals surface area contributed by atoms with E-state index >= 15 is 0 Å². The molecule has 4 fully saturated rings. The van der Waals surface area contributed by atoms with Gasteiger partial charge in [-0.05, 0) is 132 Å². The molecule has 228 valence electrons. The summed E-state index contributed by atoms with van der Waals surface area (Å²) < 4.78 is 0. The van der Waals surface area contributed by atoms with Gasteiger partial charge in [-0.2, -0.15) is 0 Å². The summed E-state index contributed by atoms with van der Waals surface area (Å²) in [6.07, 6.45) is 9.47. The Morgan fingerprint density at radius 2 is 1.48 bits per heavy atom. The number of ketones is 1. The molecular weight excluding hydrogens is 524 g/mol. The largest absolute Gasteiger partial charge is 0.481 e. The zero-order chi connectivity index (χ0) is 30.6. The molecule has 5 nitrogen and oxygen atoms in total. The third-order valence-corrected chi connectivity index (χ3v) is 14.7. The first-order valence-corrected chi connectivity index (χ1v) is 16.4. The van der Waals surface area contributed by atoms with Gasteiger partial charge in [-0.15, -0.1) is 0 Å². The van der Waals surface area contributed by atoms with Gasteiger partial charge in [0.25, 0.3) is 0 Å². The summed E-state index contributed by atoms with van der Waals surface area (Å²) in [5.74, 6) is 0.667. The molecule has 0 unspecified atom stereocenters. The number of carboxylic acid groups (broad SMARTS) is 2. The zero-order valence-corrected chi connectivity index (χ0v) is 26.6. The van der Waals surface area contributed by atoms with Crippen LogP contribution in [-0.2, 0) is 9.59 Å². The molecule has 5 heteroatoms. The van der Waals surface area contributed by atoms with Gasteiger partial charge in [0.15, 0.2) is 5.78 Å². The summed E-state index contributed by atoms with van der Waals surface area (Å²) in [4.78, 5) is 38.9. The van der Waals surface area contributed by atoms with E-state index in [1.807, 2.05) is 18.2 Å². The van der Waals surface area contributed by atoms with Crippen molar-refractivity contribution >= 4 is 23.3 Å². The predicted octanol–water partition coefficient (Wildman–Crippen LogP) is 8.38. The summed E-state index contributed by atoms with van der Waals surface area (Å²) in [7, 11) is 0. The number of fused-ring (bicyclic) bond motifs is 7. The van der Waals surface area contributed by atoms with Gasteiger partial charge in [-0.1, -0.05) is 60.6 Å². The molecule has 5 aliphatic carbocycles. The van der Waals surface area contributed by atoms with Crippen molar-refractivity contribution in [2.45, 2.75) is 99.8 Å². The third kappa shape index (κ3) is 3.57. The Morgan fingerprint density at radius 1 is 0.810 bits per heavy atom. The maximum absolute atomic E-state index is 14.5. The second kappa shape index (κ2) is 9.29. The number of carbonyl (C=O) groups excluding carboxylic acids is 1. The lowest BCUT2D eigenvalue weighted by Crippen LogP contribution is -2.67. The van der Waals surface area contributed by atoms with Crippen LogP contribution in [0.15, 0.2) is 30.3 Å². The zero-order valence-electron chi connectivity index (χ0n) is 26.6. The highest BCUT2D eigenvalue weighted by Crippen LogP contribution is 2.77. The van der Waals surface area contributed by atoms with E-state index in [1.54, 1.807) is 12.1 Å². The predicted molar refractivity (Wildman–Crippen MR) is 164 cm³/mol. The highest BCUT2D eigenvalue weighted by molar-refractivity contribution is 6.04. The summed E-state index contributed by atoms with van der Waals surface area (Å²) in [5, 5.41) is 20.0. The number of benzene rings is 1. The highest BCUT2D eigenvalue weighted by Gasteiger charge is 2.73. The van der Waals surface area contributed by atoms with E-state index in [1.165, 1.54) is 0 Å². The Kier molecular flexibility index (Phi) is 6.55. The molecule has 0 bridgehead atoms. The van der Waals surface area contributed by atoms with E-state index in [4.69, 9.17) is 0 Å². The van der Waals surface area contributed by atoms with Crippen LogP contribution in [0.3, 0.4) is 0 Å². The molecule has 5 aliphatic rings. The molecule has 0 aliphatic heterocycles. The minimum absolute atomic E-state index is 0.00602. The number of aliphatic carboxylic acids is 1. The number of carbonyl (C=O) groups is 3. The number of carboxylic acids is 2. The molecule has 0 radical (unpaired) electrons. The van der Waals surface area contributed by atoms with Crippen molar-refractivity contribution in [3.8, 4) is 0 Å². The van der Waals surface area contributed by atoms with Crippen LogP contribution in [0.5, 0.6) is 0 Å². The van der Waals surface area contributed by atoms with Crippen molar-refractivity contribution in [3.05, 3.63) is 41.5 Å². The molecule has 0 saturated heterocycles. The SMILES string of the molecule is CC(C)[C@@H]1CC[C@]2(C(=O)O)CC[C@]3(C)[C@H](CC[C@@H]4[C@@]5(C)C(=O)C=C(c6ccc(C(=O)O)cc6)C(C)(C)[C@@H]5CC[C@]43C)[C@@H]12. The van der Waals surface area contributed by atoms with E-state index in [0.717, 1.165) is 62.5 Å². The van der Waals surface area contributed by atoms with Crippen LogP contribution in [0.1, 0.15) is 116 Å². The molecule has 1 aromatic rings. The highest BCUT2D eigenvalue weighted by atomic mass is 16.4. The second-order valence-electron chi connectivity index (χ2n) is 16.4. The van der Waals surface area contributed by atoms with Gasteiger partial charge in [0, 0.05) is 5.41 Å². The second-order valence-corrected chi connectivity index (χ2v) is 16.4. The fourth-order valence-corrected chi connectivity index (χ4v) is 12.4. The summed E-state index contributed by atoms with van der Waals surface area (Å²) in [6.45, 7) is 16.4. The first-order valence-electron chi connectivity index (χ1n) is 16.4. The molecule has 2 N–H and O–H groups in total. The number of aromatic carboxylic acids is 1. The van der Waals surface area contributed by atoms with Gasteiger partial charge >= 0.3 is 11.9 Å². The number of rotatable bonds is 4. The molecule has 9 atom stereocenters. The maximum atomic E-state index is 14.5. The fourth-order valence-electron chi connectivity index (χ4n) is 12.4. The first-order chi connectivity index (χ1) is 19.6. The fraction of sp³-hybridized carbons (Fsp3) is 0.703.